The molecule has 1 amide bonds. The lowest BCUT2D eigenvalue weighted by molar-refractivity contribution is -0.120. The van der Waals surface area contributed by atoms with Gasteiger partial charge < -0.3 is 10.6 Å². The average molecular weight is 198 g/mol. The Hall–Kier alpha value is -0.870. The van der Waals surface area contributed by atoms with E-state index in [9.17, 15) is 4.79 Å². The number of carbonyl (C=O) groups excluding carboxylic acids is 1. The number of amides is 1. The van der Waals surface area contributed by atoms with Gasteiger partial charge in [0.15, 0.2) is 0 Å². The fourth-order valence-corrected chi connectivity index (χ4v) is 1.64. The lowest BCUT2D eigenvalue weighted by Crippen LogP contribution is -2.33. The van der Waals surface area contributed by atoms with E-state index in [1.165, 1.54) is 5.56 Å². The molecular formula is C9H14N2OS. The van der Waals surface area contributed by atoms with Crippen molar-refractivity contribution in [1.29, 1.82) is 0 Å². The second-order valence-corrected chi connectivity index (χ2v) is 3.47. The molecule has 0 spiro atoms. The fraction of sp³-hybridized carbons (Fsp3) is 0.444. The van der Waals surface area contributed by atoms with E-state index in [2.05, 4.69) is 22.1 Å². The minimum atomic E-state index is 0.0535. The summed E-state index contributed by atoms with van der Waals surface area (Å²) in [5.41, 5.74) is 1.23. The SMILES string of the molecule is CCNC(=O)CNCc1ccsc1. The van der Waals surface area contributed by atoms with Crippen LogP contribution in [0.25, 0.3) is 0 Å². The van der Waals surface area contributed by atoms with E-state index in [0.717, 1.165) is 6.54 Å². The van der Waals surface area contributed by atoms with Gasteiger partial charge in [0.05, 0.1) is 6.54 Å². The van der Waals surface area contributed by atoms with Gasteiger partial charge in [-0.15, -0.1) is 0 Å². The molecule has 0 unspecified atom stereocenters. The summed E-state index contributed by atoms with van der Waals surface area (Å²) in [4.78, 5) is 11.0. The van der Waals surface area contributed by atoms with Crippen LogP contribution < -0.4 is 10.6 Å². The molecule has 1 aromatic heterocycles. The first-order valence-corrected chi connectivity index (χ1v) is 5.25. The van der Waals surface area contributed by atoms with Crippen molar-refractivity contribution >= 4 is 17.2 Å². The largest absolute Gasteiger partial charge is 0.355 e. The zero-order chi connectivity index (χ0) is 9.52. The van der Waals surface area contributed by atoms with Gasteiger partial charge >= 0.3 is 0 Å². The van der Waals surface area contributed by atoms with E-state index in [-0.39, 0.29) is 5.91 Å². The zero-order valence-corrected chi connectivity index (χ0v) is 8.49. The molecule has 0 aliphatic heterocycles. The molecule has 13 heavy (non-hydrogen) atoms. The lowest BCUT2D eigenvalue weighted by atomic mass is 10.3. The molecule has 0 bridgehead atoms. The van der Waals surface area contributed by atoms with Gasteiger partial charge in [-0.05, 0) is 29.3 Å². The second kappa shape index (κ2) is 5.72. The summed E-state index contributed by atoms with van der Waals surface area (Å²) >= 11 is 1.67. The Morgan fingerprint density at radius 2 is 2.46 bits per heavy atom. The van der Waals surface area contributed by atoms with Crippen LogP contribution in [0.3, 0.4) is 0 Å². The molecule has 0 aliphatic rings. The Kier molecular flexibility index (Phi) is 4.49. The Morgan fingerprint density at radius 1 is 1.62 bits per heavy atom. The highest BCUT2D eigenvalue weighted by Gasteiger charge is 1.97. The van der Waals surface area contributed by atoms with E-state index in [1.54, 1.807) is 11.3 Å². The highest BCUT2D eigenvalue weighted by molar-refractivity contribution is 7.07. The third kappa shape index (κ3) is 4.05. The normalized spacial score (nSPS) is 9.92. The Bertz CT molecular complexity index is 246. The lowest BCUT2D eigenvalue weighted by Gasteiger charge is -2.02. The van der Waals surface area contributed by atoms with Crippen molar-refractivity contribution in [1.82, 2.24) is 10.6 Å². The number of likely N-dealkylation sites (N-methyl/N-ethyl adjacent to an activating group) is 1. The molecule has 0 saturated carbocycles. The first-order valence-electron chi connectivity index (χ1n) is 4.31. The molecule has 2 N–H and O–H groups in total. The minimum absolute atomic E-state index is 0.0535. The van der Waals surface area contributed by atoms with E-state index >= 15 is 0 Å². The van der Waals surface area contributed by atoms with Crippen molar-refractivity contribution in [3.05, 3.63) is 22.4 Å². The van der Waals surface area contributed by atoms with Gasteiger partial charge in [-0.2, -0.15) is 11.3 Å². The third-order valence-corrected chi connectivity index (χ3v) is 2.30. The Morgan fingerprint density at radius 3 is 3.08 bits per heavy atom. The van der Waals surface area contributed by atoms with Gasteiger partial charge in [-0.3, -0.25) is 4.79 Å². The molecule has 4 heteroatoms. The third-order valence-electron chi connectivity index (χ3n) is 1.57. The number of hydrogen-bond donors (Lipinski definition) is 2. The predicted octanol–water partition coefficient (Wildman–Crippen LogP) is 0.974. The summed E-state index contributed by atoms with van der Waals surface area (Å²) in [5, 5.41) is 9.90. The number of carbonyl (C=O) groups is 1. The second-order valence-electron chi connectivity index (χ2n) is 2.69. The number of thiophene rings is 1. The maximum absolute atomic E-state index is 11.0. The summed E-state index contributed by atoms with van der Waals surface area (Å²) in [6, 6.07) is 2.05. The molecule has 0 saturated heterocycles. The van der Waals surface area contributed by atoms with Crippen LogP contribution in [-0.4, -0.2) is 19.0 Å². The standard InChI is InChI=1S/C9H14N2OS/c1-2-11-9(12)6-10-5-8-3-4-13-7-8/h3-4,7,10H,2,5-6H2,1H3,(H,11,12). The van der Waals surface area contributed by atoms with Crippen molar-refractivity contribution < 1.29 is 4.79 Å². The van der Waals surface area contributed by atoms with Gasteiger partial charge in [0.25, 0.3) is 0 Å². The van der Waals surface area contributed by atoms with Crippen LogP contribution in [0.4, 0.5) is 0 Å². The maximum atomic E-state index is 11.0. The monoisotopic (exact) mass is 198 g/mol. The molecule has 0 aromatic carbocycles. The van der Waals surface area contributed by atoms with Crippen LogP contribution >= 0.6 is 11.3 Å². The Balaban J connectivity index is 2.11. The van der Waals surface area contributed by atoms with Crippen LogP contribution in [0.15, 0.2) is 16.8 Å². The van der Waals surface area contributed by atoms with E-state index < -0.39 is 0 Å². The summed E-state index contributed by atoms with van der Waals surface area (Å²) in [6.07, 6.45) is 0. The fourth-order valence-electron chi connectivity index (χ4n) is 0.973. The first kappa shape index (κ1) is 10.2. The van der Waals surface area contributed by atoms with Gasteiger partial charge in [-0.1, -0.05) is 0 Å². The van der Waals surface area contributed by atoms with Gasteiger partial charge in [-0.25, -0.2) is 0 Å². The summed E-state index contributed by atoms with van der Waals surface area (Å²) in [7, 11) is 0. The summed E-state index contributed by atoms with van der Waals surface area (Å²) < 4.78 is 0. The molecule has 0 radical (unpaired) electrons. The molecule has 1 heterocycles. The molecular weight excluding hydrogens is 184 g/mol. The van der Waals surface area contributed by atoms with Gasteiger partial charge in [0.2, 0.25) is 5.91 Å². The quantitative estimate of drug-likeness (QED) is 0.740. The highest BCUT2D eigenvalue weighted by Crippen LogP contribution is 2.04. The van der Waals surface area contributed by atoms with E-state index in [0.29, 0.717) is 13.1 Å². The van der Waals surface area contributed by atoms with Crippen molar-refractivity contribution in [3.8, 4) is 0 Å². The first-order chi connectivity index (χ1) is 6.33. The van der Waals surface area contributed by atoms with Crippen molar-refractivity contribution in [3.63, 3.8) is 0 Å². The van der Waals surface area contributed by atoms with Crippen molar-refractivity contribution in [2.45, 2.75) is 13.5 Å². The topological polar surface area (TPSA) is 41.1 Å². The van der Waals surface area contributed by atoms with Crippen LogP contribution in [0.2, 0.25) is 0 Å². The number of rotatable bonds is 5. The molecule has 72 valence electrons. The minimum Gasteiger partial charge on any atom is -0.355 e. The predicted molar refractivity (Wildman–Crippen MR) is 54.7 cm³/mol. The summed E-state index contributed by atoms with van der Waals surface area (Å²) in [6.45, 7) is 3.76. The highest BCUT2D eigenvalue weighted by atomic mass is 32.1. The number of hydrogen-bond acceptors (Lipinski definition) is 3. The molecule has 1 aromatic rings. The summed E-state index contributed by atoms with van der Waals surface area (Å²) in [5.74, 6) is 0.0535. The maximum Gasteiger partial charge on any atom is 0.233 e. The smallest absolute Gasteiger partial charge is 0.233 e. The molecule has 0 fully saturated rings. The molecule has 0 atom stereocenters. The molecule has 0 aliphatic carbocycles. The van der Waals surface area contributed by atoms with E-state index in [4.69, 9.17) is 0 Å². The van der Waals surface area contributed by atoms with Crippen LogP contribution in [0.1, 0.15) is 12.5 Å². The van der Waals surface area contributed by atoms with Crippen LogP contribution in [0, 0.1) is 0 Å². The van der Waals surface area contributed by atoms with Gasteiger partial charge in [0.1, 0.15) is 0 Å². The molecule has 3 nitrogen and oxygen atoms in total. The van der Waals surface area contributed by atoms with E-state index in [1.807, 2.05) is 12.3 Å². The average Bonchev–Trinajstić information content (AvgIpc) is 2.57. The zero-order valence-electron chi connectivity index (χ0n) is 7.67. The molecule has 1 rings (SSSR count). The number of nitrogens with one attached hydrogen (secondary N) is 2. The Labute approximate surface area is 82.2 Å². The van der Waals surface area contributed by atoms with Gasteiger partial charge in [0, 0.05) is 13.1 Å². The van der Waals surface area contributed by atoms with Crippen molar-refractivity contribution in [2.24, 2.45) is 0 Å². The van der Waals surface area contributed by atoms with Crippen molar-refractivity contribution in [2.75, 3.05) is 13.1 Å². The van der Waals surface area contributed by atoms with Crippen LogP contribution in [-0.2, 0) is 11.3 Å². The van der Waals surface area contributed by atoms with Crippen LogP contribution in [0.5, 0.6) is 0 Å².